The first-order valence-electron chi connectivity index (χ1n) is 4.53. The second-order valence-corrected chi connectivity index (χ2v) is 7.19. The maximum atomic E-state index is 12.1. The molecule has 0 amide bonds. The molecule has 1 rings (SSSR count). The van der Waals surface area contributed by atoms with Crippen LogP contribution in [0, 0.1) is 11.3 Å². The van der Waals surface area contributed by atoms with Crippen molar-refractivity contribution in [3.05, 3.63) is 16.5 Å². The Kier molecular flexibility index (Phi) is 4.33. The number of sulfonamides is 1. The highest BCUT2D eigenvalue weighted by Crippen LogP contribution is 2.28. The Hall–Kier alpha value is -0.610. The van der Waals surface area contributed by atoms with Crippen molar-refractivity contribution in [1.29, 1.82) is 5.26 Å². The smallest absolute Gasteiger partial charge is 0.206 e. The number of halogens is 1. The fourth-order valence-electron chi connectivity index (χ4n) is 1.17. The highest BCUT2D eigenvalue weighted by Gasteiger charge is 2.28. The minimum absolute atomic E-state index is 0.157. The zero-order valence-corrected chi connectivity index (χ0v) is 11.2. The number of nitrogens with zero attached hydrogens (tertiary/aromatic N) is 2. The second-order valence-electron chi connectivity index (χ2n) is 3.36. The molecular formula is C9H11ClN2O2S2. The first-order valence-corrected chi connectivity index (χ1v) is 7.17. The van der Waals surface area contributed by atoms with Crippen LogP contribution in [0.1, 0.15) is 13.8 Å². The Labute approximate surface area is 104 Å². The van der Waals surface area contributed by atoms with Gasteiger partial charge in [0.15, 0.2) is 0 Å². The molecular weight excluding hydrogens is 268 g/mol. The summed E-state index contributed by atoms with van der Waals surface area (Å²) in [6.07, 6.45) is 0. The third-order valence-corrected chi connectivity index (χ3v) is 5.63. The molecule has 0 aliphatic rings. The molecule has 0 atom stereocenters. The molecule has 0 bridgehead atoms. The molecule has 0 spiro atoms. The molecule has 0 radical (unpaired) electrons. The molecule has 1 heterocycles. The van der Waals surface area contributed by atoms with Crippen molar-refractivity contribution in [2.75, 3.05) is 6.54 Å². The Morgan fingerprint density at radius 1 is 1.56 bits per heavy atom. The van der Waals surface area contributed by atoms with E-state index in [2.05, 4.69) is 0 Å². The molecule has 0 saturated heterocycles. The fraction of sp³-hybridized carbons (Fsp3) is 0.444. The largest absolute Gasteiger partial charge is 0.253 e. The van der Waals surface area contributed by atoms with Gasteiger partial charge in [-0.1, -0.05) is 11.6 Å². The number of rotatable bonds is 4. The van der Waals surface area contributed by atoms with Crippen LogP contribution < -0.4 is 0 Å². The standard InChI is InChI=1S/C9H11ClN2O2S2/c1-7(2)12(6-5-11)16(13,14)9-4-3-8(10)15-9/h3-4,7H,6H2,1-2H3. The van der Waals surface area contributed by atoms with Gasteiger partial charge >= 0.3 is 0 Å². The van der Waals surface area contributed by atoms with E-state index in [0.29, 0.717) is 4.34 Å². The predicted octanol–water partition coefficient (Wildman–Crippen LogP) is 2.32. The van der Waals surface area contributed by atoms with E-state index in [1.807, 2.05) is 6.07 Å². The minimum atomic E-state index is -3.60. The number of hydrogen-bond acceptors (Lipinski definition) is 4. The van der Waals surface area contributed by atoms with E-state index in [1.54, 1.807) is 13.8 Å². The van der Waals surface area contributed by atoms with Gasteiger partial charge in [0.1, 0.15) is 10.8 Å². The van der Waals surface area contributed by atoms with Crippen LogP contribution in [-0.4, -0.2) is 25.3 Å². The lowest BCUT2D eigenvalue weighted by Crippen LogP contribution is -2.36. The Balaban J connectivity index is 3.14. The molecule has 1 aromatic rings. The van der Waals surface area contributed by atoms with Crippen LogP contribution in [0.2, 0.25) is 4.34 Å². The van der Waals surface area contributed by atoms with Crippen LogP contribution >= 0.6 is 22.9 Å². The molecule has 0 N–H and O–H groups in total. The first kappa shape index (κ1) is 13.5. The number of hydrogen-bond donors (Lipinski definition) is 0. The van der Waals surface area contributed by atoms with Crippen LogP contribution in [0.15, 0.2) is 16.3 Å². The van der Waals surface area contributed by atoms with Crippen molar-refractivity contribution in [3.8, 4) is 6.07 Å². The predicted molar refractivity (Wildman–Crippen MR) is 64.0 cm³/mol. The molecule has 7 heteroatoms. The SMILES string of the molecule is CC(C)N(CC#N)S(=O)(=O)c1ccc(Cl)s1. The zero-order valence-electron chi connectivity index (χ0n) is 8.84. The summed E-state index contributed by atoms with van der Waals surface area (Å²) in [7, 11) is -3.60. The lowest BCUT2D eigenvalue weighted by Gasteiger charge is -2.21. The monoisotopic (exact) mass is 278 g/mol. The lowest BCUT2D eigenvalue weighted by atomic mass is 10.4. The molecule has 0 aromatic carbocycles. The summed E-state index contributed by atoms with van der Waals surface area (Å²) in [5, 5.41) is 8.62. The van der Waals surface area contributed by atoms with Gasteiger partial charge < -0.3 is 0 Å². The van der Waals surface area contributed by atoms with Crippen LogP contribution in [-0.2, 0) is 10.0 Å². The summed E-state index contributed by atoms with van der Waals surface area (Å²) < 4.78 is 25.9. The van der Waals surface area contributed by atoms with E-state index in [1.165, 1.54) is 12.1 Å². The van der Waals surface area contributed by atoms with Crippen LogP contribution in [0.5, 0.6) is 0 Å². The molecule has 1 aromatic heterocycles. The first-order chi connectivity index (χ1) is 7.39. The Morgan fingerprint density at radius 2 is 2.19 bits per heavy atom. The molecule has 0 fully saturated rings. The lowest BCUT2D eigenvalue weighted by molar-refractivity contribution is 0.386. The summed E-state index contributed by atoms with van der Waals surface area (Å²) in [6.45, 7) is 3.30. The van der Waals surface area contributed by atoms with Crippen LogP contribution in [0.25, 0.3) is 0 Å². The van der Waals surface area contributed by atoms with Crippen molar-refractivity contribution < 1.29 is 8.42 Å². The highest BCUT2D eigenvalue weighted by atomic mass is 35.5. The molecule has 0 unspecified atom stereocenters. The fourth-order valence-corrected chi connectivity index (χ4v) is 4.31. The van der Waals surface area contributed by atoms with E-state index in [4.69, 9.17) is 16.9 Å². The van der Waals surface area contributed by atoms with Gasteiger partial charge in [-0.2, -0.15) is 9.57 Å². The van der Waals surface area contributed by atoms with Crippen molar-refractivity contribution in [2.45, 2.75) is 24.1 Å². The number of nitriles is 1. The molecule has 16 heavy (non-hydrogen) atoms. The van der Waals surface area contributed by atoms with Crippen molar-refractivity contribution in [1.82, 2.24) is 4.31 Å². The molecule has 0 aliphatic carbocycles. The normalized spacial score (nSPS) is 12.0. The molecule has 4 nitrogen and oxygen atoms in total. The van der Waals surface area contributed by atoms with Crippen LogP contribution in [0.3, 0.4) is 0 Å². The van der Waals surface area contributed by atoms with Gasteiger partial charge in [0.2, 0.25) is 0 Å². The summed E-state index contributed by atoms with van der Waals surface area (Å²) in [5.41, 5.74) is 0. The maximum Gasteiger partial charge on any atom is 0.253 e. The average Bonchev–Trinajstić information content (AvgIpc) is 2.61. The molecule has 0 saturated carbocycles. The summed E-state index contributed by atoms with van der Waals surface area (Å²) in [6, 6.07) is 4.58. The summed E-state index contributed by atoms with van der Waals surface area (Å²) in [5.74, 6) is 0. The highest BCUT2D eigenvalue weighted by molar-refractivity contribution is 7.91. The Bertz CT molecular complexity index is 502. The maximum absolute atomic E-state index is 12.1. The van der Waals surface area contributed by atoms with Crippen molar-refractivity contribution >= 4 is 33.0 Å². The topological polar surface area (TPSA) is 61.2 Å². The second kappa shape index (κ2) is 5.15. The quantitative estimate of drug-likeness (QED) is 0.794. The van der Waals surface area contributed by atoms with E-state index < -0.39 is 10.0 Å². The van der Waals surface area contributed by atoms with Gasteiger partial charge in [0.05, 0.1) is 10.4 Å². The summed E-state index contributed by atoms with van der Waals surface area (Å²) in [4.78, 5) is 0. The van der Waals surface area contributed by atoms with Gasteiger partial charge in [-0.05, 0) is 26.0 Å². The zero-order chi connectivity index (χ0) is 12.3. The van der Waals surface area contributed by atoms with Gasteiger partial charge in [-0.25, -0.2) is 8.42 Å². The molecule has 0 aliphatic heterocycles. The van der Waals surface area contributed by atoms with E-state index >= 15 is 0 Å². The van der Waals surface area contributed by atoms with E-state index in [-0.39, 0.29) is 16.8 Å². The minimum Gasteiger partial charge on any atom is -0.206 e. The van der Waals surface area contributed by atoms with Gasteiger partial charge in [0, 0.05) is 6.04 Å². The van der Waals surface area contributed by atoms with Crippen molar-refractivity contribution in [2.24, 2.45) is 0 Å². The molecule has 88 valence electrons. The van der Waals surface area contributed by atoms with Crippen LogP contribution in [0.4, 0.5) is 0 Å². The van der Waals surface area contributed by atoms with Crippen molar-refractivity contribution in [3.63, 3.8) is 0 Å². The number of thiophene rings is 1. The third kappa shape index (κ3) is 2.74. The average molecular weight is 279 g/mol. The van der Waals surface area contributed by atoms with Gasteiger partial charge in [-0.3, -0.25) is 0 Å². The third-order valence-electron chi connectivity index (χ3n) is 1.91. The van der Waals surface area contributed by atoms with Gasteiger partial charge in [-0.15, -0.1) is 11.3 Å². The van der Waals surface area contributed by atoms with E-state index in [0.717, 1.165) is 15.6 Å². The van der Waals surface area contributed by atoms with Gasteiger partial charge in [0.25, 0.3) is 10.0 Å². The van der Waals surface area contributed by atoms with E-state index in [9.17, 15) is 8.42 Å². The summed E-state index contributed by atoms with van der Waals surface area (Å²) >= 11 is 6.69. The Morgan fingerprint density at radius 3 is 2.56 bits per heavy atom.